The normalized spacial score (nSPS) is 16.8. The van der Waals surface area contributed by atoms with Gasteiger partial charge in [0.25, 0.3) is 0 Å². The third kappa shape index (κ3) is 4.21. The van der Waals surface area contributed by atoms with Gasteiger partial charge in [0.1, 0.15) is 0 Å². The summed E-state index contributed by atoms with van der Waals surface area (Å²) in [6.07, 6.45) is -3.26. The average Bonchev–Trinajstić information content (AvgIpc) is 2.38. The van der Waals surface area contributed by atoms with E-state index in [0.717, 1.165) is 12.1 Å². The smallest absolute Gasteiger partial charge is 0.374 e. The van der Waals surface area contributed by atoms with Crippen molar-refractivity contribution in [1.29, 1.82) is 0 Å². The maximum absolute atomic E-state index is 12.7. The van der Waals surface area contributed by atoms with Crippen molar-refractivity contribution >= 4 is 0 Å². The van der Waals surface area contributed by atoms with E-state index in [-0.39, 0.29) is 6.04 Å². The molecule has 0 saturated carbocycles. The highest BCUT2D eigenvalue weighted by atomic mass is 19.4. The molecule has 0 saturated heterocycles. The number of nitrogens with two attached hydrogens (primary N) is 1. The lowest BCUT2D eigenvalue weighted by atomic mass is 9.88. The number of ether oxygens (including phenoxy) is 1. The van der Waals surface area contributed by atoms with Crippen LogP contribution in [-0.4, -0.2) is 18.2 Å². The number of halogens is 3. The maximum atomic E-state index is 12.7. The lowest BCUT2D eigenvalue weighted by Gasteiger charge is -2.34. The molecule has 0 aromatic heterocycles. The second kappa shape index (κ2) is 6.59. The van der Waals surface area contributed by atoms with Gasteiger partial charge >= 0.3 is 6.18 Å². The molecule has 0 aliphatic rings. The highest BCUT2D eigenvalue weighted by Gasteiger charge is 2.32. The van der Waals surface area contributed by atoms with Gasteiger partial charge in [0.15, 0.2) is 0 Å². The molecular weight excluding hydrogens is 267 g/mol. The van der Waals surface area contributed by atoms with Gasteiger partial charge in [-0.3, -0.25) is 0 Å². The first-order valence-electron chi connectivity index (χ1n) is 6.78. The molecule has 0 spiro atoms. The van der Waals surface area contributed by atoms with E-state index in [1.54, 1.807) is 6.07 Å². The van der Waals surface area contributed by atoms with Crippen LogP contribution < -0.4 is 5.73 Å². The molecule has 0 radical (unpaired) electrons. The topological polar surface area (TPSA) is 35.2 Å². The van der Waals surface area contributed by atoms with Gasteiger partial charge < -0.3 is 10.5 Å². The molecular formula is C15H22F3NO. The van der Waals surface area contributed by atoms with Gasteiger partial charge in [0, 0.05) is 12.6 Å². The van der Waals surface area contributed by atoms with E-state index in [1.165, 1.54) is 6.07 Å². The van der Waals surface area contributed by atoms with Crippen molar-refractivity contribution in [1.82, 2.24) is 0 Å². The number of hydrogen-bond acceptors (Lipinski definition) is 2. The highest BCUT2D eigenvalue weighted by molar-refractivity contribution is 5.26. The van der Waals surface area contributed by atoms with Crippen LogP contribution in [0.3, 0.4) is 0 Å². The van der Waals surface area contributed by atoms with Crippen LogP contribution in [-0.2, 0) is 17.3 Å². The Morgan fingerprint density at radius 3 is 2.40 bits per heavy atom. The SMILES string of the molecule is CCOC(C)(CC)C(N)Cc1cccc(C(F)(F)F)c1. The molecule has 5 heteroatoms. The van der Waals surface area contributed by atoms with Gasteiger partial charge in [-0.1, -0.05) is 25.1 Å². The molecule has 114 valence electrons. The molecule has 0 fully saturated rings. The molecule has 20 heavy (non-hydrogen) atoms. The van der Waals surface area contributed by atoms with Crippen LogP contribution in [0.5, 0.6) is 0 Å². The van der Waals surface area contributed by atoms with E-state index in [0.29, 0.717) is 25.0 Å². The van der Waals surface area contributed by atoms with Crippen molar-refractivity contribution < 1.29 is 17.9 Å². The van der Waals surface area contributed by atoms with Gasteiger partial charge in [-0.25, -0.2) is 0 Å². The summed E-state index contributed by atoms with van der Waals surface area (Å²) in [6.45, 7) is 6.27. The first kappa shape index (κ1) is 17.0. The lowest BCUT2D eigenvalue weighted by Crippen LogP contribution is -2.48. The van der Waals surface area contributed by atoms with E-state index in [2.05, 4.69) is 0 Å². The van der Waals surface area contributed by atoms with Gasteiger partial charge in [-0.05, 0) is 38.3 Å². The van der Waals surface area contributed by atoms with Crippen molar-refractivity contribution in [3.05, 3.63) is 35.4 Å². The van der Waals surface area contributed by atoms with E-state index >= 15 is 0 Å². The van der Waals surface area contributed by atoms with Crippen LogP contribution in [0.2, 0.25) is 0 Å². The fraction of sp³-hybridized carbons (Fsp3) is 0.600. The molecule has 1 aromatic carbocycles. The zero-order valence-corrected chi connectivity index (χ0v) is 12.1. The third-order valence-electron chi connectivity index (χ3n) is 3.67. The Morgan fingerprint density at radius 2 is 1.90 bits per heavy atom. The van der Waals surface area contributed by atoms with Crippen LogP contribution >= 0.6 is 0 Å². The van der Waals surface area contributed by atoms with Crippen molar-refractivity contribution in [2.75, 3.05) is 6.61 Å². The summed E-state index contributed by atoms with van der Waals surface area (Å²) in [7, 11) is 0. The Labute approximate surface area is 118 Å². The first-order chi connectivity index (χ1) is 9.23. The summed E-state index contributed by atoms with van der Waals surface area (Å²) >= 11 is 0. The number of benzene rings is 1. The molecule has 2 nitrogen and oxygen atoms in total. The molecule has 2 atom stereocenters. The Balaban J connectivity index is 2.88. The minimum atomic E-state index is -4.33. The molecule has 0 heterocycles. The minimum absolute atomic E-state index is 0.351. The number of hydrogen-bond donors (Lipinski definition) is 1. The van der Waals surface area contributed by atoms with Crippen molar-refractivity contribution in [2.24, 2.45) is 5.73 Å². The molecule has 0 aliphatic heterocycles. The van der Waals surface area contributed by atoms with Crippen molar-refractivity contribution in [2.45, 2.75) is 51.4 Å². The van der Waals surface area contributed by atoms with E-state index in [9.17, 15) is 13.2 Å². The average molecular weight is 289 g/mol. The molecule has 2 unspecified atom stereocenters. The van der Waals surface area contributed by atoms with E-state index < -0.39 is 17.3 Å². The van der Waals surface area contributed by atoms with Crippen LogP contribution in [0.1, 0.15) is 38.3 Å². The molecule has 1 rings (SSSR count). The molecule has 0 amide bonds. The molecule has 1 aromatic rings. The number of rotatable bonds is 6. The zero-order valence-electron chi connectivity index (χ0n) is 12.1. The summed E-state index contributed by atoms with van der Waals surface area (Å²) in [6, 6.07) is 4.95. The fourth-order valence-corrected chi connectivity index (χ4v) is 2.15. The standard InChI is InChI=1S/C15H22F3NO/c1-4-14(3,20-5-2)13(19)10-11-7-6-8-12(9-11)15(16,17)18/h6-9,13H,4-5,10,19H2,1-3H3. The molecule has 0 aliphatic carbocycles. The molecule has 2 N–H and O–H groups in total. The summed E-state index contributed by atoms with van der Waals surface area (Å²) in [5.74, 6) is 0. The number of alkyl halides is 3. The Bertz CT molecular complexity index is 433. The van der Waals surface area contributed by atoms with Crippen LogP contribution in [0.25, 0.3) is 0 Å². The minimum Gasteiger partial charge on any atom is -0.374 e. The summed E-state index contributed by atoms with van der Waals surface area (Å²) < 4.78 is 43.7. The second-order valence-electron chi connectivity index (χ2n) is 5.11. The van der Waals surface area contributed by atoms with Gasteiger partial charge in [0.2, 0.25) is 0 Å². The van der Waals surface area contributed by atoms with Gasteiger partial charge in [-0.15, -0.1) is 0 Å². The van der Waals surface area contributed by atoms with Crippen LogP contribution in [0.15, 0.2) is 24.3 Å². The van der Waals surface area contributed by atoms with Crippen LogP contribution in [0.4, 0.5) is 13.2 Å². The maximum Gasteiger partial charge on any atom is 0.416 e. The monoisotopic (exact) mass is 289 g/mol. The van der Waals surface area contributed by atoms with E-state index in [1.807, 2.05) is 20.8 Å². The summed E-state index contributed by atoms with van der Waals surface area (Å²) in [5, 5.41) is 0. The predicted octanol–water partition coefficient (Wildman–Crippen LogP) is 3.78. The fourth-order valence-electron chi connectivity index (χ4n) is 2.15. The quantitative estimate of drug-likeness (QED) is 0.865. The lowest BCUT2D eigenvalue weighted by molar-refractivity contribution is -0.137. The Morgan fingerprint density at radius 1 is 1.25 bits per heavy atom. The second-order valence-corrected chi connectivity index (χ2v) is 5.11. The predicted molar refractivity (Wildman–Crippen MR) is 73.4 cm³/mol. The largest absolute Gasteiger partial charge is 0.416 e. The summed E-state index contributed by atoms with van der Waals surface area (Å²) in [5.41, 5.74) is 5.54. The van der Waals surface area contributed by atoms with Gasteiger partial charge in [0.05, 0.1) is 11.2 Å². The van der Waals surface area contributed by atoms with Gasteiger partial charge in [-0.2, -0.15) is 13.2 Å². The highest BCUT2D eigenvalue weighted by Crippen LogP contribution is 2.30. The summed E-state index contributed by atoms with van der Waals surface area (Å²) in [4.78, 5) is 0. The Hall–Kier alpha value is -1.07. The molecule has 0 bridgehead atoms. The van der Waals surface area contributed by atoms with E-state index in [4.69, 9.17) is 10.5 Å². The van der Waals surface area contributed by atoms with Crippen LogP contribution in [0, 0.1) is 0 Å². The Kier molecular flexibility index (Phi) is 5.59. The zero-order chi connectivity index (χ0) is 15.4. The first-order valence-corrected chi connectivity index (χ1v) is 6.78. The van der Waals surface area contributed by atoms with Crippen molar-refractivity contribution in [3.8, 4) is 0 Å². The van der Waals surface area contributed by atoms with Crippen molar-refractivity contribution in [3.63, 3.8) is 0 Å². The third-order valence-corrected chi connectivity index (χ3v) is 3.67.